The number of rotatable bonds is 6. The van der Waals surface area contributed by atoms with Crippen LogP contribution in [0.4, 0.5) is 0 Å². The Hall–Kier alpha value is -2.63. The van der Waals surface area contributed by atoms with Crippen molar-refractivity contribution in [3.8, 4) is 11.5 Å². The summed E-state index contributed by atoms with van der Waals surface area (Å²) in [4.78, 5) is 22.6. The smallest absolute Gasteiger partial charge is 0.256 e. The number of aromatic nitrogens is 2. The molecular formula is C19H25N3O3. The van der Waals surface area contributed by atoms with Crippen LogP contribution in [0.1, 0.15) is 37.0 Å². The van der Waals surface area contributed by atoms with Crippen LogP contribution in [0.2, 0.25) is 0 Å². The zero-order valence-corrected chi connectivity index (χ0v) is 15.4. The minimum Gasteiger partial charge on any atom is -0.493 e. The molecule has 0 aliphatic heterocycles. The van der Waals surface area contributed by atoms with Gasteiger partial charge in [0.2, 0.25) is 0 Å². The van der Waals surface area contributed by atoms with E-state index in [9.17, 15) is 4.79 Å². The summed E-state index contributed by atoms with van der Waals surface area (Å²) in [5, 5.41) is 0. The van der Waals surface area contributed by atoms with E-state index in [2.05, 4.69) is 9.97 Å². The molecule has 0 spiro atoms. The van der Waals surface area contributed by atoms with E-state index in [-0.39, 0.29) is 11.3 Å². The predicted molar refractivity (Wildman–Crippen MR) is 96.2 cm³/mol. The fraction of sp³-hybridized carbons (Fsp3) is 0.421. The van der Waals surface area contributed by atoms with Gasteiger partial charge in [-0.1, -0.05) is 32.9 Å². The normalized spacial score (nSPS) is 11.1. The lowest BCUT2D eigenvalue weighted by atomic mass is 9.96. The second-order valence-electron chi connectivity index (χ2n) is 6.77. The molecular weight excluding hydrogens is 318 g/mol. The third kappa shape index (κ3) is 4.92. The van der Waals surface area contributed by atoms with Crippen LogP contribution in [0, 0.1) is 0 Å². The van der Waals surface area contributed by atoms with E-state index in [0.29, 0.717) is 36.0 Å². The standard InChI is InChI=1S/C19H25N3O3/c1-19(2,3)18-20-12-14(13-21-18)17(23)22(4)10-11-25-16-9-7-6-8-15(16)24-5/h6-9,12-13H,10-11H2,1-5H3. The Morgan fingerprint density at radius 2 is 1.72 bits per heavy atom. The molecule has 0 aliphatic rings. The highest BCUT2D eigenvalue weighted by Gasteiger charge is 2.19. The van der Waals surface area contributed by atoms with Crippen LogP contribution >= 0.6 is 0 Å². The number of para-hydroxylation sites is 2. The van der Waals surface area contributed by atoms with Crippen LogP contribution in [-0.2, 0) is 5.41 Å². The number of carbonyl (C=O) groups is 1. The molecule has 6 nitrogen and oxygen atoms in total. The van der Waals surface area contributed by atoms with Crippen LogP contribution in [0.15, 0.2) is 36.7 Å². The molecule has 2 aromatic rings. The van der Waals surface area contributed by atoms with Gasteiger partial charge in [-0.05, 0) is 12.1 Å². The van der Waals surface area contributed by atoms with Crippen molar-refractivity contribution < 1.29 is 14.3 Å². The molecule has 0 unspecified atom stereocenters. The number of likely N-dealkylation sites (N-methyl/N-ethyl adjacent to an activating group) is 1. The van der Waals surface area contributed by atoms with Crippen molar-refractivity contribution >= 4 is 5.91 Å². The minimum atomic E-state index is -0.143. The van der Waals surface area contributed by atoms with Gasteiger partial charge in [-0.25, -0.2) is 9.97 Å². The average molecular weight is 343 g/mol. The zero-order valence-electron chi connectivity index (χ0n) is 15.4. The van der Waals surface area contributed by atoms with Crippen molar-refractivity contribution in [2.75, 3.05) is 27.3 Å². The molecule has 0 saturated heterocycles. The molecule has 0 N–H and O–H groups in total. The molecule has 6 heteroatoms. The van der Waals surface area contributed by atoms with Crippen LogP contribution in [-0.4, -0.2) is 48.1 Å². The molecule has 0 aliphatic carbocycles. The quantitative estimate of drug-likeness (QED) is 0.807. The Balaban J connectivity index is 1.92. The monoisotopic (exact) mass is 343 g/mol. The maximum absolute atomic E-state index is 12.4. The second kappa shape index (κ2) is 7.96. The number of amides is 1. The molecule has 0 saturated carbocycles. The fourth-order valence-electron chi connectivity index (χ4n) is 2.18. The number of benzene rings is 1. The van der Waals surface area contributed by atoms with Crippen LogP contribution in [0.5, 0.6) is 11.5 Å². The first-order valence-electron chi connectivity index (χ1n) is 8.16. The predicted octanol–water partition coefficient (Wildman–Crippen LogP) is 2.93. The SMILES string of the molecule is COc1ccccc1OCCN(C)C(=O)c1cnc(C(C)(C)C)nc1. The van der Waals surface area contributed by atoms with Crippen molar-refractivity contribution in [1.82, 2.24) is 14.9 Å². The van der Waals surface area contributed by atoms with Crippen molar-refractivity contribution in [2.24, 2.45) is 0 Å². The molecule has 134 valence electrons. The van der Waals surface area contributed by atoms with E-state index in [1.165, 1.54) is 0 Å². The van der Waals surface area contributed by atoms with E-state index in [1.54, 1.807) is 31.5 Å². The minimum absolute atomic E-state index is 0.135. The maximum Gasteiger partial charge on any atom is 0.256 e. The summed E-state index contributed by atoms with van der Waals surface area (Å²) in [7, 11) is 3.32. The van der Waals surface area contributed by atoms with Crippen molar-refractivity contribution in [1.29, 1.82) is 0 Å². The highest BCUT2D eigenvalue weighted by Crippen LogP contribution is 2.25. The third-order valence-corrected chi connectivity index (χ3v) is 3.67. The first-order chi connectivity index (χ1) is 11.8. The van der Waals surface area contributed by atoms with E-state index >= 15 is 0 Å². The van der Waals surface area contributed by atoms with Crippen molar-refractivity contribution in [2.45, 2.75) is 26.2 Å². The topological polar surface area (TPSA) is 64.6 Å². The summed E-state index contributed by atoms with van der Waals surface area (Å²) in [6, 6.07) is 7.42. The van der Waals surface area contributed by atoms with Gasteiger partial charge in [0.1, 0.15) is 12.4 Å². The largest absolute Gasteiger partial charge is 0.493 e. The number of carbonyl (C=O) groups excluding carboxylic acids is 1. The van der Waals surface area contributed by atoms with Gasteiger partial charge < -0.3 is 14.4 Å². The Morgan fingerprint density at radius 3 is 2.28 bits per heavy atom. The Morgan fingerprint density at radius 1 is 1.12 bits per heavy atom. The molecule has 1 heterocycles. The lowest BCUT2D eigenvalue weighted by Gasteiger charge is -2.19. The summed E-state index contributed by atoms with van der Waals surface area (Å²) in [5.41, 5.74) is 0.323. The van der Waals surface area contributed by atoms with Gasteiger partial charge >= 0.3 is 0 Å². The number of nitrogens with zero attached hydrogens (tertiary/aromatic N) is 3. The number of methoxy groups -OCH3 is 1. The van der Waals surface area contributed by atoms with E-state index in [0.717, 1.165) is 0 Å². The molecule has 0 radical (unpaired) electrons. The van der Waals surface area contributed by atoms with E-state index < -0.39 is 0 Å². The Kier molecular flexibility index (Phi) is 5.96. The number of hydrogen-bond acceptors (Lipinski definition) is 5. The Labute approximate surface area is 148 Å². The highest BCUT2D eigenvalue weighted by molar-refractivity contribution is 5.93. The summed E-state index contributed by atoms with van der Waals surface area (Å²) in [6.45, 7) is 6.91. The first kappa shape index (κ1) is 18.7. The molecule has 0 atom stereocenters. The molecule has 0 fully saturated rings. The van der Waals surface area contributed by atoms with Gasteiger partial charge in [-0.2, -0.15) is 0 Å². The lowest BCUT2D eigenvalue weighted by molar-refractivity contribution is 0.0772. The van der Waals surface area contributed by atoms with Gasteiger partial charge in [-0.15, -0.1) is 0 Å². The molecule has 1 aromatic heterocycles. The molecule has 0 bridgehead atoms. The maximum atomic E-state index is 12.4. The molecule has 1 amide bonds. The number of ether oxygens (including phenoxy) is 2. The molecule has 2 rings (SSSR count). The summed E-state index contributed by atoms with van der Waals surface area (Å²) in [5.74, 6) is 1.90. The molecule has 1 aromatic carbocycles. The summed E-state index contributed by atoms with van der Waals surface area (Å²) >= 11 is 0. The van der Waals surface area contributed by atoms with Crippen molar-refractivity contribution in [3.05, 3.63) is 48.0 Å². The Bertz CT molecular complexity index is 709. The van der Waals surface area contributed by atoms with E-state index in [1.807, 2.05) is 45.0 Å². The van der Waals surface area contributed by atoms with Gasteiger partial charge in [0, 0.05) is 24.9 Å². The van der Waals surface area contributed by atoms with Gasteiger partial charge in [0.05, 0.1) is 19.2 Å². The second-order valence-corrected chi connectivity index (χ2v) is 6.77. The summed E-state index contributed by atoms with van der Waals surface area (Å²) < 4.78 is 10.9. The fourth-order valence-corrected chi connectivity index (χ4v) is 2.18. The highest BCUT2D eigenvalue weighted by atomic mass is 16.5. The van der Waals surface area contributed by atoms with Crippen molar-refractivity contribution in [3.63, 3.8) is 0 Å². The molecule has 25 heavy (non-hydrogen) atoms. The number of hydrogen-bond donors (Lipinski definition) is 0. The third-order valence-electron chi connectivity index (χ3n) is 3.67. The average Bonchev–Trinajstić information content (AvgIpc) is 2.60. The van der Waals surface area contributed by atoms with Gasteiger partial charge in [0.25, 0.3) is 5.91 Å². The van der Waals surface area contributed by atoms with Crippen LogP contribution in [0.25, 0.3) is 0 Å². The first-order valence-corrected chi connectivity index (χ1v) is 8.16. The van der Waals surface area contributed by atoms with Gasteiger partial charge in [-0.3, -0.25) is 4.79 Å². The summed E-state index contributed by atoms with van der Waals surface area (Å²) in [6.07, 6.45) is 3.15. The van der Waals surface area contributed by atoms with Crippen LogP contribution in [0.3, 0.4) is 0 Å². The zero-order chi connectivity index (χ0) is 18.4. The lowest BCUT2D eigenvalue weighted by Crippen LogP contribution is -2.31. The van der Waals surface area contributed by atoms with Gasteiger partial charge in [0.15, 0.2) is 11.5 Å². The van der Waals surface area contributed by atoms with E-state index in [4.69, 9.17) is 9.47 Å². The van der Waals surface area contributed by atoms with Crippen LogP contribution < -0.4 is 9.47 Å².